The normalized spacial score (nSPS) is 12.4. The number of fused-ring (bicyclic) bond motifs is 1. The minimum Gasteiger partial charge on any atom is -0.445 e. The number of aromatic nitrogens is 2. The third kappa shape index (κ3) is 16.1. The van der Waals surface area contributed by atoms with Crippen molar-refractivity contribution in [3.63, 3.8) is 0 Å². The molecule has 5 aromatic rings. The quantitative estimate of drug-likeness (QED) is 0.0359. The zero-order valence-electron chi connectivity index (χ0n) is 40.8. The first kappa shape index (κ1) is 54.6. The number of nitrogens with two attached hydrogens (primary N) is 2. The number of urea groups is 1. The SMILES string of the molecule is Cc1ccc(C(=O)N(CCCNC(=O)OCc2ccc(NC(=O)[C@@H](CCCNC(N)=O)NC(=O)[C@H](NC(=O)CCN)C(C)C)cc2)[C@@H](c2nc3cc(Cl)ccc3c(=O)n2Cc2ccccc2)C(C)C)cc1. The Kier molecular flexibility index (Phi) is 20.5. The number of benzene rings is 4. The van der Waals surface area contributed by atoms with Crippen LogP contribution in [0.15, 0.2) is 102 Å². The Bertz CT molecular complexity index is 2680. The van der Waals surface area contributed by atoms with Gasteiger partial charge in [0.25, 0.3) is 11.5 Å². The van der Waals surface area contributed by atoms with Crippen LogP contribution in [-0.4, -0.2) is 88.5 Å². The van der Waals surface area contributed by atoms with Gasteiger partial charge in [-0.25, -0.2) is 14.6 Å². The molecule has 0 aliphatic heterocycles. The second-order valence-corrected chi connectivity index (χ2v) is 18.4. The van der Waals surface area contributed by atoms with Gasteiger partial charge in [-0.15, -0.1) is 0 Å². The summed E-state index contributed by atoms with van der Waals surface area (Å²) in [6.07, 6.45) is 0.135. The van der Waals surface area contributed by atoms with Crippen molar-refractivity contribution in [2.24, 2.45) is 23.3 Å². The first-order valence-electron chi connectivity index (χ1n) is 23.7. The second kappa shape index (κ2) is 26.6. The summed E-state index contributed by atoms with van der Waals surface area (Å²) in [6.45, 7) is 10.2. The van der Waals surface area contributed by atoms with E-state index in [9.17, 15) is 33.6 Å². The molecule has 0 aliphatic rings. The van der Waals surface area contributed by atoms with Gasteiger partial charge < -0.3 is 47.7 Å². The fourth-order valence-corrected chi connectivity index (χ4v) is 8.06. The summed E-state index contributed by atoms with van der Waals surface area (Å²) < 4.78 is 7.14. The summed E-state index contributed by atoms with van der Waals surface area (Å²) in [4.78, 5) is 99.0. The molecule has 0 radical (unpaired) electrons. The van der Waals surface area contributed by atoms with Crippen LogP contribution in [0.5, 0.6) is 0 Å². The van der Waals surface area contributed by atoms with Gasteiger partial charge in [-0.2, -0.15) is 0 Å². The minimum absolute atomic E-state index is 0.0350. The monoisotopic (exact) mass is 992 g/mol. The van der Waals surface area contributed by atoms with Crippen molar-refractivity contribution in [2.45, 2.75) is 91.6 Å². The molecule has 3 atom stereocenters. The van der Waals surface area contributed by atoms with Gasteiger partial charge in [-0.3, -0.25) is 28.5 Å². The number of nitrogens with one attached hydrogen (secondary N) is 5. The number of rotatable bonds is 24. The molecule has 0 unspecified atom stereocenters. The van der Waals surface area contributed by atoms with E-state index >= 15 is 0 Å². The van der Waals surface area contributed by atoms with Gasteiger partial charge in [0, 0.05) is 48.9 Å². The second-order valence-electron chi connectivity index (χ2n) is 17.9. The van der Waals surface area contributed by atoms with Gasteiger partial charge in [0.05, 0.1) is 23.5 Å². The lowest BCUT2D eigenvalue weighted by Gasteiger charge is -2.35. The van der Waals surface area contributed by atoms with Crippen LogP contribution < -0.4 is 43.6 Å². The zero-order valence-corrected chi connectivity index (χ0v) is 41.6. The maximum absolute atomic E-state index is 14.6. The highest BCUT2D eigenvalue weighted by molar-refractivity contribution is 6.31. The van der Waals surface area contributed by atoms with Crippen LogP contribution in [0.4, 0.5) is 15.3 Å². The van der Waals surface area contributed by atoms with Crippen molar-refractivity contribution in [3.8, 4) is 0 Å². The molecule has 0 saturated heterocycles. The van der Waals surface area contributed by atoms with Crippen molar-refractivity contribution >= 4 is 63.9 Å². The summed E-state index contributed by atoms with van der Waals surface area (Å²) in [7, 11) is 0. The van der Waals surface area contributed by atoms with E-state index in [0.717, 1.165) is 11.1 Å². The lowest BCUT2D eigenvalue weighted by Crippen LogP contribution is -2.54. The van der Waals surface area contributed by atoms with Gasteiger partial charge in [0.15, 0.2) is 0 Å². The van der Waals surface area contributed by atoms with Crippen molar-refractivity contribution in [1.29, 1.82) is 0 Å². The molecule has 18 nitrogen and oxygen atoms in total. The Morgan fingerprint density at radius 3 is 2.14 bits per heavy atom. The molecular weight excluding hydrogens is 928 g/mol. The van der Waals surface area contributed by atoms with Crippen molar-refractivity contribution < 1.29 is 33.5 Å². The van der Waals surface area contributed by atoms with E-state index in [2.05, 4.69) is 26.6 Å². The Morgan fingerprint density at radius 1 is 0.803 bits per heavy atom. The highest BCUT2D eigenvalue weighted by Crippen LogP contribution is 2.31. The predicted octanol–water partition coefficient (Wildman–Crippen LogP) is 5.92. The van der Waals surface area contributed by atoms with Crippen LogP contribution in [0.25, 0.3) is 10.9 Å². The number of nitrogens with zero attached hydrogens (tertiary/aromatic N) is 3. The van der Waals surface area contributed by atoms with Gasteiger partial charge in [-0.1, -0.05) is 99.5 Å². The maximum atomic E-state index is 14.6. The molecule has 9 N–H and O–H groups in total. The predicted molar refractivity (Wildman–Crippen MR) is 273 cm³/mol. The molecule has 4 aromatic carbocycles. The number of ether oxygens (including phenoxy) is 1. The molecular formula is C52H65ClN10O8. The molecule has 0 bridgehead atoms. The first-order chi connectivity index (χ1) is 33.9. The van der Waals surface area contributed by atoms with E-state index in [-0.39, 0.29) is 75.5 Å². The minimum atomic E-state index is -1.03. The fraction of sp³-hybridized carbons (Fsp3) is 0.385. The van der Waals surface area contributed by atoms with Crippen LogP contribution in [-0.2, 0) is 32.3 Å². The van der Waals surface area contributed by atoms with Crippen LogP contribution in [0, 0.1) is 18.8 Å². The Morgan fingerprint density at radius 2 is 1.49 bits per heavy atom. The largest absolute Gasteiger partial charge is 0.445 e. The number of halogens is 1. The van der Waals surface area contributed by atoms with Gasteiger partial charge >= 0.3 is 12.1 Å². The molecule has 1 aromatic heterocycles. The number of hydrogen-bond acceptors (Lipinski definition) is 10. The number of aryl methyl sites for hydroxylation is 1. The number of alkyl carbamates (subject to hydrolysis) is 1. The van der Waals surface area contributed by atoms with Crippen LogP contribution in [0.2, 0.25) is 5.02 Å². The van der Waals surface area contributed by atoms with E-state index in [4.69, 9.17) is 32.8 Å². The number of anilines is 1. The smallest absolute Gasteiger partial charge is 0.407 e. The average Bonchev–Trinajstić information content (AvgIpc) is 3.33. The van der Waals surface area contributed by atoms with Crippen molar-refractivity contribution in [1.82, 2.24) is 35.7 Å². The Hall–Kier alpha value is -7.31. The molecule has 0 saturated carbocycles. The van der Waals surface area contributed by atoms with E-state index in [1.165, 1.54) is 0 Å². The van der Waals surface area contributed by atoms with Gasteiger partial charge in [0.2, 0.25) is 17.7 Å². The molecule has 19 heteroatoms. The van der Waals surface area contributed by atoms with Crippen LogP contribution in [0.1, 0.15) is 92.3 Å². The summed E-state index contributed by atoms with van der Waals surface area (Å²) in [5.74, 6) is -1.84. The Balaban J connectivity index is 1.25. The molecule has 0 spiro atoms. The zero-order chi connectivity index (χ0) is 51.6. The van der Waals surface area contributed by atoms with Crippen molar-refractivity contribution in [2.75, 3.05) is 31.5 Å². The lowest BCUT2D eigenvalue weighted by atomic mass is 9.98. The fourth-order valence-electron chi connectivity index (χ4n) is 7.90. The molecule has 7 amide bonds. The molecule has 378 valence electrons. The van der Waals surface area contributed by atoms with Crippen LogP contribution >= 0.6 is 11.6 Å². The summed E-state index contributed by atoms with van der Waals surface area (Å²) in [6, 6.07) is 25.0. The molecule has 71 heavy (non-hydrogen) atoms. The van der Waals surface area contributed by atoms with E-state index < -0.39 is 48.0 Å². The third-order valence-electron chi connectivity index (χ3n) is 11.6. The average molecular weight is 994 g/mol. The van der Waals surface area contributed by atoms with Gasteiger partial charge in [-0.05, 0) is 91.6 Å². The number of primary amides is 1. The summed E-state index contributed by atoms with van der Waals surface area (Å²) in [5.41, 5.74) is 14.2. The Labute approximate surface area is 418 Å². The molecule has 1 heterocycles. The number of hydrogen-bond donors (Lipinski definition) is 7. The lowest BCUT2D eigenvalue weighted by molar-refractivity contribution is -0.132. The highest BCUT2D eigenvalue weighted by Gasteiger charge is 2.33. The highest BCUT2D eigenvalue weighted by atomic mass is 35.5. The number of amides is 7. The first-order valence-corrected chi connectivity index (χ1v) is 24.1. The topological polar surface area (TPSA) is 262 Å². The molecule has 0 fully saturated rings. The van der Waals surface area contributed by atoms with Crippen LogP contribution in [0.3, 0.4) is 0 Å². The van der Waals surface area contributed by atoms with Gasteiger partial charge in [0.1, 0.15) is 24.5 Å². The van der Waals surface area contributed by atoms with E-state index in [0.29, 0.717) is 51.4 Å². The standard InChI is InChI=1S/C52H65ClN10O8/c1-32(2)44(61-43(64)24-25-54)48(66)60-41(13-9-26-56-51(55)69)47(65)58-39-21-16-36(17-22-39)31-71-52(70)57-27-10-28-62(49(67)37-18-14-34(5)15-19-37)45(33(3)4)46-59-42-29-38(53)20-23-40(42)50(68)63(46)30-35-11-7-6-8-12-35/h6-8,11-12,14-23,29,32-33,41,44-45H,9-10,13,24-28,30-31,54H2,1-5H3,(H,57,70)(H,58,65)(H,60,66)(H,61,64)(H3,55,56,69)/t41-,44-,45-/m1/s1. The van der Waals surface area contributed by atoms with Crippen molar-refractivity contribution in [3.05, 3.63) is 141 Å². The third-order valence-corrected chi connectivity index (χ3v) is 11.8. The number of carbonyl (C=O) groups is 6. The number of carbonyl (C=O) groups excluding carboxylic acids is 6. The van der Waals surface area contributed by atoms with E-state index in [1.807, 2.05) is 63.2 Å². The molecule has 5 rings (SSSR count). The molecule has 0 aliphatic carbocycles. The van der Waals surface area contributed by atoms with E-state index in [1.54, 1.807) is 77.9 Å². The summed E-state index contributed by atoms with van der Waals surface area (Å²) >= 11 is 6.40. The maximum Gasteiger partial charge on any atom is 0.407 e. The summed E-state index contributed by atoms with van der Waals surface area (Å²) in [5, 5.41) is 14.3.